The number of aromatic nitrogens is 2. The summed E-state index contributed by atoms with van der Waals surface area (Å²) < 4.78 is 8.29. The van der Waals surface area contributed by atoms with E-state index in [-0.39, 0.29) is 11.8 Å². The van der Waals surface area contributed by atoms with Gasteiger partial charge in [-0.2, -0.15) is 8.75 Å². The maximum absolute atomic E-state index is 12.1. The fourth-order valence-electron chi connectivity index (χ4n) is 3.06. The zero-order chi connectivity index (χ0) is 13.1. The Hall–Kier alpha value is -1.17. The monoisotopic (exact) mass is 280 g/mol. The third kappa shape index (κ3) is 3.05. The van der Waals surface area contributed by atoms with Crippen molar-refractivity contribution in [2.24, 2.45) is 5.92 Å². The molecule has 0 spiro atoms. The second-order valence-electron chi connectivity index (χ2n) is 5.52. The summed E-state index contributed by atoms with van der Waals surface area (Å²) in [6.45, 7) is 1.92. The summed E-state index contributed by atoms with van der Waals surface area (Å²) in [5.74, 6) is 1.54. The van der Waals surface area contributed by atoms with E-state index in [9.17, 15) is 4.79 Å². The number of nitrogens with zero attached hydrogens (tertiary/aromatic N) is 3. The number of nitrogens with one attached hydrogen (secondary N) is 1. The molecule has 5 nitrogen and oxygen atoms in total. The molecule has 2 fully saturated rings. The van der Waals surface area contributed by atoms with Gasteiger partial charge in [0.1, 0.15) is 0 Å². The van der Waals surface area contributed by atoms with Crippen LogP contribution in [0.4, 0.5) is 5.82 Å². The Kier molecular flexibility index (Phi) is 3.96. The molecule has 0 atom stereocenters. The van der Waals surface area contributed by atoms with Crippen LogP contribution in [0.1, 0.15) is 38.5 Å². The largest absolute Gasteiger partial charge is 0.354 e. The molecule has 0 radical (unpaired) electrons. The van der Waals surface area contributed by atoms with Gasteiger partial charge in [0.2, 0.25) is 5.91 Å². The Morgan fingerprint density at radius 2 is 2.00 bits per heavy atom. The van der Waals surface area contributed by atoms with Gasteiger partial charge >= 0.3 is 0 Å². The molecule has 1 N–H and O–H groups in total. The fourth-order valence-corrected chi connectivity index (χ4v) is 3.49. The molecule has 1 aromatic rings. The van der Waals surface area contributed by atoms with E-state index in [4.69, 9.17) is 0 Å². The van der Waals surface area contributed by atoms with Crippen molar-refractivity contribution in [3.05, 3.63) is 6.20 Å². The molecular formula is C13H20N4OS. The highest BCUT2D eigenvalue weighted by Gasteiger charge is 2.27. The van der Waals surface area contributed by atoms with Crippen molar-refractivity contribution < 1.29 is 4.79 Å². The molecule has 1 amide bonds. The van der Waals surface area contributed by atoms with Gasteiger partial charge in [-0.05, 0) is 25.7 Å². The normalized spacial score (nSPS) is 21.8. The molecule has 1 saturated carbocycles. The van der Waals surface area contributed by atoms with Crippen LogP contribution in [0, 0.1) is 5.92 Å². The molecule has 2 heterocycles. The van der Waals surface area contributed by atoms with E-state index in [0.29, 0.717) is 6.04 Å². The lowest BCUT2D eigenvalue weighted by Crippen LogP contribution is -2.46. The number of carbonyl (C=O) groups excluding carboxylic acids is 1. The summed E-state index contributed by atoms with van der Waals surface area (Å²) in [5.41, 5.74) is 0. The second-order valence-corrected chi connectivity index (χ2v) is 6.07. The molecular weight excluding hydrogens is 260 g/mol. The Morgan fingerprint density at radius 1 is 1.26 bits per heavy atom. The van der Waals surface area contributed by atoms with E-state index in [2.05, 4.69) is 19.0 Å². The second kappa shape index (κ2) is 5.86. The van der Waals surface area contributed by atoms with Crippen LogP contribution in [0.5, 0.6) is 0 Å². The van der Waals surface area contributed by atoms with Crippen molar-refractivity contribution in [2.45, 2.75) is 44.6 Å². The third-order valence-electron chi connectivity index (χ3n) is 4.24. The Balaban J connectivity index is 1.46. The Labute approximate surface area is 117 Å². The van der Waals surface area contributed by atoms with E-state index < -0.39 is 0 Å². The number of amides is 1. The lowest BCUT2D eigenvalue weighted by Gasteiger charge is -2.32. The van der Waals surface area contributed by atoms with Crippen molar-refractivity contribution in [3.8, 4) is 0 Å². The minimum atomic E-state index is 0.278. The molecule has 104 valence electrons. The van der Waals surface area contributed by atoms with Crippen molar-refractivity contribution >= 4 is 23.5 Å². The predicted octanol–water partition coefficient (Wildman–Crippen LogP) is 1.81. The topological polar surface area (TPSA) is 58.1 Å². The van der Waals surface area contributed by atoms with Crippen molar-refractivity contribution in [1.29, 1.82) is 0 Å². The standard InChI is InChI=1S/C13H20N4OS/c18-13(10-3-1-2-4-10)15-11-5-7-17(8-6-11)12-9-14-19-16-12/h9-11H,1-8H2,(H,15,18). The van der Waals surface area contributed by atoms with Gasteiger partial charge in [0.15, 0.2) is 5.82 Å². The highest BCUT2D eigenvalue weighted by molar-refractivity contribution is 6.99. The summed E-state index contributed by atoms with van der Waals surface area (Å²) >= 11 is 1.25. The molecule has 1 saturated heterocycles. The minimum absolute atomic E-state index is 0.278. The van der Waals surface area contributed by atoms with Gasteiger partial charge in [-0.1, -0.05) is 12.8 Å². The lowest BCUT2D eigenvalue weighted by atomic mass is 10.0. The van der Waals surface area contributed by atoms with Crippen molar-refractivity contribution in [1.82, 2.24) is 14.1 Å². The predicted molar refractivity (Wildman–Crippen MR) is 75.2 cm³/mol. The number of hydrogen-bond acceptors (Lipinski definition) is 5. The van der Waals surface area contributed by atoms with Crippen LogP contribution < -0.4 is 10.2 Å². The van der Waals surface area contributed by atoms with E-state index in [1.165, 1.54) is 24.6 Å². The molecule has 0 bridgehead atoms. The summed E-state index contributed by atoms with van der Waals surface area (Å²) in [6, 6.07) is 0.343. The first-order valence-corrected chi connectivity index (χ1v) is 7.89. The maximum atomic E-state index is 12.1. The van der Waals surface area contributed by atoms with Gasteiger partial charge < -0.3 is 10.2 Å². The van der Waals surface area contributed by atoms with Crippen LogP contribution in [0.3, 0.4) is 0 Å². The molecule has 2 aliphatic rings. The molecule has 1 aromatic heterocycles. The molecule has 0 unspecified atom stereocenters. The Morgan fingerprint density at radius 3 is 2.63 bits per heavy atom. The zero-order valence-electron chi connectivity index (χ0n) is 11.0. The smallest absolute Gasteiger partial charge is 0.223 e. The lowest BCUT2D eigenvalue weighted by molar-refractivity contribution is -0.125. The average Bonchev–Trinajstić information content (AvgIpc) is 3.13. The number of carbonyl (C=O) groups is 1. The van der Waals surface area contributed by atoms with E-state index in [1.807, 2.05) is 6.20 Å². The summed E-state index contributed by atoms with van der Waals surface area (Å²) in [7, 11) is 0. The maximum Gasteiger partial charge on any atom is 0.223 e. The van der Waals surface area contributed by atoms with Crippen LogP contribution in [0.2, 0.25) is 0 Å². The summed E-state index contributed by atoms with van der Waals surface area (Å²) in [5, 5.41) is 3.23. The van der Waals surface area contributed by atoms with Crippen LogP contribution >= 0.6 is 11.7 Å². The van der Waals surface area contributed by atoms with Crippen molar-refractivity contribution in [3.63, 3.8) is 0 Å². The molecule has 1 aliphatic heterocycles. The minimum Gasteiger partial charge on any atom is -0.354 e. The Bertz CT molecular complexity index is 408. The van der Waals surface area contributed by atoms with Crippen LogP contribution in [-0.4, -0.2) is 33.8 Å². The highest BCUT2D eigenvalue weighted by Crippen LogP contribution is 2.25. The number of rotatable bonds is 3. The number of anilines is 1. The quantitative estimate of drug-likeness (QED) is 0.917. The average molecular weight is 280 g/mol. The van der Waals surface area contributed by atoms with Crippen LogP contribution in [0.15, 0.2) is 6.20 Å². The van der Waals surface area contributed by atoms with Gasteiger partial charge in [0.25, 0.3) is 0 Å². The molecule has 1 aliphatic carbocycles. The fraction of sp³-hybridized carbons (Fsp3) is 0.769. The SMILES string of the molecule is O=C(NC1CCN(c2cnsn2)CC1)C1CCCC1. The van der Waals surface area contributed by atoms with Crippen LogP contribution in [0.25, 0.3) is 0 Å². The summed E-state index contributed by atoms with van der Waals surface area (Å²) in [4.78, 5) is 14.3. The van der Waals surface area contributed by atoms with Crippen molar-refractivity contribution in [2.75, 3.05) is 18.0 Å². The molecule has 0 aromatic carbocycles. The van der Waals surface area contributed by atoms with E-state index >= 15 is 0 Å². The van der Waals surface area contributed by atoms with Gasteiger partial charge in [-0.15, -0.1) is 0 Å². The molecule has 3 rings (SSSR count). The summed E-state index contributed by atoms with van der Waals surface area (Å²) in [6.07, 6.45) is 8.43. The van der Waals surface area contributed by atoms with Gasteiger partial charge in [0, 0.05) is 25.0 Å². The number of hydrogen-bond donors (Lipinski definition) is 1. The van der Waals surface area contributed by atoms with E-state index in [1.54, 1.807) is 0 Å². The van der Waals surface area contributed by atoms with Crippen LogP contribution in [-0.2, 0) is 4.79 Å². The first kappa shape index (κ1) is 12.8. The third-order valence-corrected chi connectivity index (χ3v) is 4.71. The zero-order valence-corrected chi connectivity index (χ0v) is 11.9. The highest BCUT2D eigenvalue weighted by atomic mass is 32.1. The first-order valence-electron chi connectivity index (χ1n) is 7.16. The first-order chi connectivity index (χ1) is 9.33. The molecule has 6 heteroatoms. The van der Waals surface area contributed by atoms with E-state index in [0.717, 1.165) is 44.6 Å². The molecule has 19 heavy (non-hydrogen) atoms. The van der Waals surface area contributed by atoms with Gasteiger partial charge in [0.05, 0.1) is 17.9 Å². The van der Waals surface area contributed by atoms with Gasteiger partial charge in [-0.3, -0.25) is 4.79 Å². The number of piperidine rings is 1. The van der Waals surface area contributed by atoms with Gasteiger partial charge in [-0.25, -0.2) is 0 Å².